The highest BCUT2D eigenvalue weighted by molar-refractivity contribution is 5.95. The van der Waals surface area contributed by atoms with Crippen LogP contribution in [0, 0.1) is 26.2 Å². The second kappa shape index (κ2) is 7.03. The van der Waals surface area contributed by atoms with Gasteiger partial charge in [0.15, 0.2) is 0 Å². The van der Waals surface area contributed by atoms with Gasteiger partial charge in [0.25, 0.3) is 0 Å². The third-order valence-corrected chi connectivity index (χ3v) is 4.96. The lowest BCUT2D eigenvalue weighted by molar-refractivity contribution is 0.440. The zero-order valence-electron chi connectivity index (χ0n) is 18.1. The van der Waals surface area contributed by atoms with Gasteiger partial charge in [-0.3, -0.25) is 0 Å². The summed E-state index contributed by atoms with van der Waals surface area (Å²) in [5.41, 5.74) is 8.93. The van der Waals surface area contributed by atoms with E-state index in [1.165, 1.54) is 33.3 Å². The van der Waals surface area contributed by atoms with Crippen molar-refractivity contribution in [1.29, 1.82) is 0 Å². The molecule has 0 aliphatic heterocycles. The zero-order valence-corrected chi connectivity index (χ0v) is 18.1. The summed E-state index contributed by atoms with van der Waals surface area (Å²) in [7, 11) is 0. The van der Waals surface area contributed by atoms with E-state index in [1.54, 1.807) is 0 Å². The van der Waals surface area contributed by atoms with Gasteiger partial charge in [0.1, 0.15) is 0 Å². The fourth-order valence-electron chi connectivity index (χ4n) is 3.92. The Labute approximate surface area is 163 Å². The molecule has 0 atom stereocenters. The molecule has 0 saturated heterocycles. The van der Waals surface area contributed by atoms with Crippen molar-refractivity contribution in [2.45, 2.75) is 61.4 Å². The van der Waals surface area contributed by atoms with Crippen LogP contribution in [-0.2, 0) is 0 Å². The van der Waals surface area contributed by atoms with E-state index in [9.17, 15) is 0 Å². The standard InChI is InChI=1S/C24H33N3/c1-15(2)27-20-11-9-10-19(21-17(4)12-16(3)13-18(21)5)22(20)26-23(27)25-14-24(6,7)8/h9-13,15H,14H2,1-8H3,(H,25,26). The topological polar surface area (TPSA) is 29.9 Å². The van der Waals surface area contributed by atoms with Gasteiger partial charge in [0.2, 0.25) is 5.95 Å². The first-order chi connectivity index (χ1) is 12.6. The minimum Gasteiger partial charge on any atom is -0.355 e. The molecule has 3 rings (SSSR count). The molecule has 0 aliphatic carbocycles. The lowest BCUT2D eigenvalue weighted by Gasteiger charge is -2.21. The number of fused-ring (bicyclic) bond motifs is 1. The van der Waals surface area contributed by atoms with Crippen molar-refractivity contribution < 1.29 is 0 Å². The molecular weight excluding hydrogens is 330 g/mol. The lowest BCUT2D eigenvalue weighted by Crippen LogP contribution is -2.21. The maximum absolute atomic E-state index is 5.07. The lowest BCUT2D eigenvalue weighted by atomic mass is 9.93. The van der Waals surface area contributed by atoms with Crippen LogP contribution in [0.15, 0.2) is 30.3 Å². The van der Waals surface area contributed by atoms with E-state index in [1.807, 2.05) is 0 Å². The molecule has 0 spiro atoms. The molecular formula is C24H33N3. The van der Waals surface area contributed by atoms with Crippen molar-refractivity contribution >= 4 is 17.0 Å². The fraction of sp³-hybridized carbons (Fsp3) is 0.458. The Balaban J connectivity index is 2.23. The Kier molecular flexibility index (Phi) is 5.07. The van der Waals surface area contributed by atoms with Crippen molar-refractivity contribution in [3.63, 3.8) is 0 Å². The Hall–Kier alpha value is -2.29. The summed E-state index contributed by atoms with van der Waals surface area (Å²) in [4.78, 5) is 5.07. The largest absolute Gasteiger partial charge is 0.355 e. The smallest absolute Gasteiger partial charge is 0.204 e. The fourth-order valence-corrected chi connectivity index (χ4v) is 3.92. The first-order valence-corrected chi connectivity index (χ1v) is 9.91. The van der Waals surface area contributed by atoms with Crippen molar-refractivity contribution in [1.82, 2.24) is 9.55 Å². The van der Waals surface area contributed by atoms with Crippen LogP contribution < -0.4 is 5.32 Å². The van der Waals surface area contributed by atoms with Gasteiger partial charge in [-0.05, 0) is 62.8 Å². The molecule has 1 aromatic heterocycles. The van der Waals surface area contributed by atoms with E-state index in [-0.39, 0.29) is 5.41 Å². The summed E-state index contributed by atoms with van der Waals surface area (Å²) >= 11 is 0. The normalized spacial score (nSPS) is 12.2. The molecule has 0 fully saturated rings. The van der Waals surface area contributed by atoms with Gasteiger partial charge in [-0.2, -0.15) is 0 Å². The molecule has 0 aliphatic rings. The van der Waals surface area contributed by atoms with Crippen LogP contribution in [0.25, 0.3) is 22.2 Å². The number of benzene rings is 2. The summed E-state index contributed by atoms with van der Waals surface area (Å²) in [6, 6.07) is 11.4. The summed E-state index contributed by atoms with van der Waals surface area (Å²) < 4.78 is 2.32. The SMILES string of the molecule is Cc1cc(C)c(-c2cccc3c2nc(NCC(C)(C)C)n3C(C)C)c(C)c1. The van der Waals surface area contributed by atoms with Gasteiger partial charge in [0, 0.05) is 18.2 Å². The van der Waals surface area contributed by atoms with Crippen molar-refractivity contribution in [2.75, 3.05) is 11.9 Å². The molecule has 2 aromatic carbocycles. The number of rotatable bonds is 4. The average Bonchev–Trinajstić information content (AvgIpc) is 2.90. The molecule has 0 radical (unpaired) electrons. The number of imidazole rings is 1. The van der Waals surface area contributed by atoms with Crippen LogP contribution in [0.5, 0.6) is 0 Å². The van der Waals surface area contributed by atoms with Crippen LogP contribution >= 0.6 is 0 Å². The molecule has 0 bridgehead atoms. The first-order valence-electron chi connectivity index (χ1n) is 9.91. The Morgan fingerprint density at radius 2 is 1.67 bits per heavy atom. The molecule has 0 saturated carbocycles. The summed E-state index contributed by atoms with van der Waals surface area (Å²) in [6.07, 6.45) is 0. The van der Waals surface area contributed by atoms with E-state index in [4.69, 9.17) is 4.98 Å². The van der Waals surface area contributed by atoms with Gasteiger partial charge in [0.05, 0.1) is 11.0 Å². The van der Waals surface area contributed by atoms with Crippen LogP contribution in [0.2, 0.25) is 0 Å². The van der Waals surface area contributed by atoms with Crippen LogP contribution in [0.1, 0.15) is 57.4 Å². The molecule has 3 aromatic rings. The van der Waals surface area contributed by atoms with E-state index in [0.717, 1.165) is 18.0 Å². The highest BCUT2D eigenvalue weighted by Gasteiger charge is 2.19. The number of nitrogens with one attached hydrogen (secondary N) is 1. The molecule has 0 unspecified atom stereocenters. The predicted molar refractivity (Wildman–Crippen MR) is 118 cm³/mol. The number of para-hydroxylation sites is 1. The number of anilines is 1. The maximum atomic E-state index is 5.07. The summed E-state index contributed by atoms with van der Waals surface area (Å²) in [6.45, 7) is 18.6. The highest BCUT2D eigenvalue weighted by Crippen LogP contribution is 2.36. The van der Waals surface area contributed by atoms with Gasteiger partial charge in [-0.15, -0.1) is 0 Å². The van der Waals surface area contributed by atoms with Crippen LogP contribution in [0.3, 0.4) is 0 Å². The number of aryl methyl sites for hydroxylation is 3. The van der Waals surface area contributed by atoms with Crippen molar-refractivity contribution in [3.05, 3.63) is 47.0 Å². The molecule has 1 N–H and O–H groups in total. The molecule has 0 amide bonds. The van der Waals surface area contributed by atoms with Gasteiger partial charge in [-0.1, -0.05) is 50.6 Å². The third-order valence-electron chi connectivity index (χ3n) is 4.96. The number of nitrogens with zero attached hydrogens (tertiary/aromatic N) is 2. The summed E-state index contributed by atoms with van der Waals surface area (Å²) in [5.74, 6) is 0.963. The second-order valence-electron chi connectivity index (χ2n) is 9.26. The zero-order chi connectivity index (χ0) is 19.9. The van der Waals surface area contributed by atoms with Crippen molar-refractivity contribution in [2.24, 2.45) is 5.41 Å². The van der Waals surface area contributed by atoms with Gasteiger partial charge in [-0.25, -0.2) is 4.98 Å². The quantitative estimate of drug-likeness (QED) is 0.561. The number of hydrogen-bond acceptors (Lipinski definition) is 2. The Morgan fingerprint density at radius 1 is 1.04 bits per heavy atom. The molecule has 1 heterocycles. The molecule has 27 heavy (non-hydrogen) atoms. The Bertz CT molecular complexity index is 948. The van der Waals surface area contributed by atoms with E-state index < -0.39 is 0 Å². The third kappa shape index (κ3) is 3.87. The van der Waals surface area contributed by atoms with E-state index >= 15 is 0 Å². The number of hydrogen-bond donors (Lipinski definition) is 1. The maximum Gasteiger partial charge on any atom is 0.204 e. The van der Waals surface area contributed by atoms with Gasteiger partial charge < -0.3 is 9.88 Å². The summed E-state index contributed by atoms with van der Waals surface area (Å²) in [5, 5.41) is 3.59. The number of aromatic nitrogens is 2. The van der Waals surface area contributed by atoms with Gasteiger partial charge >= 0.3 is 0 Å². The highest BCUT2D eigenvalue weighted by atomic mass is 15.2. The molecule has 3 heteroatoms. The van der Waals surface area contributed by atoms with Crippen LogP contribution in [-0.4, -0.2) is 16.1 Å². The van der Waals surface area contributed by atoms with E-state index in [2.05, 4.69) is 95.6 Å². The predicted octanol–water partition coefficient (Wildman–Crippen LogP) is 6.67. The molecule has 144 valence electrons. The first kappa shape index (κ1) is 19.5. The van der Waals surface area contributed by atoms with E-state index in [0.29, 0.717) is 6.04 Å². The van der Waals surface area contributed by atoms with Crippen molar-refractivity contribution in [3.8, 4) is 11.1 Å². The van der Waals surface area contributed by atoms with Crippen LogP contribution in [0.4, 0.5) is 5.95 Å². The minimum atomic E-state index is 0.201. The monoisotopic (exact) mass is 363 g/mol. The Morgan fingerprint density at radius 3 is 2.22 bits per heavy atom. The second-order valence-corrected chi connectivity index (χ2v) is 9.26. The average molecular weight is 364 g/mol. The minimum absolute atomic E-state index is 0.201. The molecule has 3 nitrogen and oxygen atoms in total.